The lowest BCUT2D eigenvalue weighted by Crippen LogP contribution is -1.97. The van der Waals surface area contributed by atoms with Crippen molar-refractivity contribution >= 4 is 21.6 Å². The van der Waals surface area contributed by atoms with Crippen LogP contribution in [0.15, 0.2) is 46.9 Å². The fourth-order valence-electron chi connectivity index (χ4n) is 1.53. The average molecular weight is 308 g/mol. The first kappa shape index (κ1) is 12.8. The number of halogens is 1. The minimum Gasteiger partial charge on any atom is -0.497 e. The van der Waals surface area contributed by atoms with Gasteiger partial charge in [-0.2, -0.15) is 0 Å². The summed E-state index contributed by atoms with van der Waals surface area (Å²) in [5.41, 5.74) is 7.46. The van der Waals surface area contributed by atoms with Gasteiger partial charge >= 0.3 is 0 Å². The normalized spacial score (nSPS) is 10.1. The Hall–Kier alpha value is -1.68. The number of hydrogen-bond acceptors (Lipinski definition) is 3. The number of benzene rings is 2. The van der Waals surface area contributed by atoms with Crippen molar-refractivity contribution in [1.82, 2.24) is 0 Å². The fraction of sp³-hybridized carbons (Fsp3) is 0.143. The van der Waals surface area contributed by atoms with E-state index in [9.17, 15) is 0 Å². The van der Waals surface area contributed by atoms with E-state index < -0.39 is 0 Å². The van der Waals surface area contributed by atoms with Gasteiger partial charge in [0.25, 0.3) is 0 Å². The molecular weight excluding hydrogens is 294 g/mol. The molecule has 0 saturated carbocycles. The SMILES string of the molecule is COc1cccc(OCc2ccc(N)cc2Br)c1. The summed E-state index contributed by atoms with van der Waals surface area (Å²) in [6.07, 6.45) is 0. The molecule has 2 N–H and O–H groups in total. The van der Waals surface area contributed by atoms with E-state index in [1.54, 1.807) is 7.11 Å². The molecule has 0 bridgehead atoms. The van der Waals surface area contributed by atoms with Crippen LogP contribution in [0.1, 0.15) is 5.56 Å². The summed E-state index contributed by atoms with van der Waals surface area (Å²) < 4.78 is 11.8. The first-order valence-corrected chi connectivity index (χ1v) is 6.29. The van der Waals surface area contributed by atoms with Gasteiger partial charge in [-0.1, -0.05) is 28.1 Å². The second-order valence-corrected chi connectivity index (χ2v) is 4.67. The summed E-state index contributed by atoms with van der Waals surface area (Å²) in [6.45, 7) is 0.480. The highest BCUT2D eigenvalue weighted by Crippen LogP contribution is 2.23. The molecule has 3 nitrogen and oxygen atoms in total. The molecule has 94 valence electrons. The molecule has 2 rings (SSSR count). The molecule has 0 radical (unpaired) electrons. The van der Waals surface area contributed by atoms with Crippen molar-refractivity contribution in [2.75, 3.05) is 12.8 Å². The van der Waals surface area contributed by atoms with Crippen molar-refractivity contribution in [3.8, 4) is 11.5 Å². The predicted molar refractivity (Wildman–Crippen MR) is 75.9 cm³/mol. The molecule has 4 heteroatoms. The van der Waals surface area contributed by atoms with Gasteiger partial charge in [0.15, 0.2) is 0 Å². The van der Waals surface area contributed by atoms with Crippen LogP contribution in [0.3, 0.4) is 0 Å². The maximum atomic E-state index is 5.70. The van der Waals surface area contributed by atoms with E-state index in [2.05, 4.69) is 15.9 Å². The van der Waals surface area contributed by atoms with Gasteiger partial charge in [0.1, 0.15) is 18.1 Å². The zero-order valence-corrected chi connectivity index (χ0v) is 11.6. The molecular formula is C14H14BrNO2. The molecule has 0 spiro atoms. The van der Waals surface area contributed by atoms with Crippen molar-refractivity contribution in [3.05, 3.63) is 52.5 Å². The second-order valence-electron chi connectivity index (χ2n) is 3.82. The van der Waals surface area contributed by atoms with Crippen molar-refractivity contribution in [2.45, 2.75) is 6.61 Å². The molecule has 0 atom stereocenters. The Morgan fingerprint density at radius 1 is 1.11 bits per heavy atom. The molecule has 0 aliphatic heterocycles. The molecule has 0 heterocycles. The smallest absolute Gasteiger partial charge is 0.123 e. The molecule has 0 fully saturated rings. The Balaban J connectivity index is 2.06. The Morgan fingerprint density at radius 2 is 1.89 bits per heavy atom. The largest absolute Gasteiger partial charge is 0.497 e. The van der Waals surface area contributed by atoms with E-state index in [-0.39, 0.29) is 0 Å². The Morgan fingerprint density at radius 3 is 2.61 bits per heavy atom. The third-order valence-corrected chi connectivity index (χ3v) is 3.25. The Bertz CT molecular complexity index is 543. The topological polar surface area (TPSA) is 44.5 Å². The van der Waals surface area contributed by atoms with Crippen LogP contribution in [0.2, 0.25) is 0 Å². The quantitative estimate of drug-likeness (QED) is 0.877. The Kier molecular flexibility index (Phi) is 4.10. The summed E-state index contributed by atoms with van der Waals surface area (Å²) in [6, 6.07) is 13.2. The van der Waals surface area contributed by atoms with Crippen LogP contribution in [-0.4, -0.2) is 7.11 Å². The number of nitrogens with two attached hydrogens (primary N) is 1. The minimum absolute atomic E-state index is 0.480. The van der Waals surface area contributed by atoms with E-state index in [0.29, 0.717) is 6.61 Å². The van der Waals surface area contributed by atoms with Gasteiger partial charge in [-0.15, -0.1) is 0 Å². The average Bonchev–Trinajstić information content (AvgIpc) is 2.38. The zero-order chi connectivity index (χ0) is 13.0. The van der Waals surface area contributed by atoms with Crippen LogP contribution in [0.25, 0.3) is 0 Å². The van der Waals surface area contributed by atoms with E-state index in [1.165, 1.54) is 0 Å². The standard InChI is InChI=1S/C14H14BrNO2/c1-17-12-3-2-4-13(8-12)18-9-10-5-6-11(16)7-14(10)15/h2-8H,9,16H2,1H3. The number of methoxy groups -OCH3 is 1. The first-order chi connectivity index (χ1) is 8.69. The van der Waals surface area contributed by atoms with Gasteiger partial charge in [0.05, 0.1) is 7.11 Å². The molecule has 2 aromatic carbocycles. The summed E-state index contributed by atoms with van der Waals surface area (Å²) in [5.74, 6) is 1.56. The lowest BCUT2D eigenvalue weighted by Gasteiger charge is -2.09. The number of rotatable bonds is 4. The van der Waals surface area contributed by atoms with E-state index in [0.717, 1.165) is 27.2 Å². The van der Waals surface area contributed by atoms with Gasteiger partial charge in [0, 0.05) is 21.8 Å². The van der Waals surface area contributed by atoms with Crippen molar-refractivity contribution in [3.63, 3.8) is 0 Å². The van der Waals surface area contributed by atoms with Crippen molar-refractivity contribution in [2.24, 2.45) is 0 Å². The van der Waals surface area contributed by atoms with Crippen LogP contribution in [-0.2, 0) is 6.61 Å². The maximum Gasteiger partial charge on any atom is 0.123 e. The summed E-state index contributed by atoms with van der Waals surface area (Å²) in [5, 5.41) is 0. The first-order valence-electron chi connectivity index (χ1n) is 5.50. The number of anilines is 1. The number of nitrogen functional groups attached to an aromatic ring is 1. The maximum absolute atomic E-state index is 5.70. The summed E-state index contributed by atoms with van der Waals surface area (Å²) in [4.78, 5) is 0. The predicted octanol–water partition coefficient (Wildman–Crippen LogP) is 3.62. The molecule has 0 saturated heterocycles. The van der Waals surface area contributed by atoms with Crippen molar-refractivity contribution in [1.29, 1.82) is 0 Å². The molecule has 18 heavy (non-hydrogen) atoms. The molecule has 0 unspecified atom stereocenters. The third-order valence-electron chi connectivity index (χ3n) is 2.51. The molecule has 0 aliphatic carbocycles. The van der Waals surface area contributed by atoms with Crippen LogP contribution in [0.5, 0.6) is 11.5 Å². The van der Waals surface area contributed by atoms with Gasteiger partial charge in [-0.05, 0) is 24.3 Å². The highest BCUT2D eigenvalue weighted by atomic mass is 79.9. The molecule has 0 amide bonds. The zero-order valence-electron chi connectivity index (χ0n) is 10.0. The number of hydrogen-bond donors (Lipinski definition) is 1. The molecule has 0 aromatic heterocycles. The Labute approximate surface area is 115 Å². The van der Waals surface area contributed by atoms with Gasteiger partial charge in [0.2, 0.25) is 0 Å². The van der Waals surface area contributed by atoms with Crippen LogP contribution in [0, 0.1) is 0 Å². The van der Waals surface area contributed by atoms with Gasteiger partial charge in [-0.25, -0.2) is 0 Å². The van der Waals surface area contributed by atoms with E-state index in [1.807, 2.05) is 42.5 Å². The second kappa shape index (κ2) is 5.78. The minimum atomic E-state index is 0.480. The van der Waals surface area contributed by atoms with Crippen LogP contribution in [0.4, 0.5) is 5.69 Å². The van der Waals surface area contributed by atoms with Crippen LogP contribution >= 0.6 is 15.9 Å². The fourth-order valence-corrected chi connectivity index (χ4v) is 2.04. The number of ether oxygens (including phenoxy) is 2. The van der Waals surface area contributed by atoms with E-state index >= 15 is 0 Å². The lowest BCUT2D eigenvalue weighted by atomic mass is 10.2. The van der Waals surface area contributed by atoms with Gasteiger partial charge in [-0.3, -0.25) is 0 Å². The van der Waals surface area contributed by atoms with Crippen molar-refractivity contribution < 1.29 is 9.47 Å². The van der Waals surface area contributed by atoms with Gasteiger partial charge < -0.3 is 15.2 Å². The van der Waals surface area contributed by atoms with Crippen LogP contribution < -0.4 is 15.2 Å². The highest BCUT2D eigenvalue weighted by molar-refractivity contribution is 9.10. The molecule has 2 aromatic rings. The molecule has 0 aliphatic rings. The third kappa shape index (κ3) is 3.17. The monoisotopic (exact) mass is 307 g/mol. The highest BCUT2D eigenvalue weighted by Gasteiger charge is 2.02. The lowest BCUT2D eigenvalue weighted by molar-refractivity contribution is 0.303. The summed E-state index contributed by atoms with van der Waals surface area (Å²) >= 11 is 3.46. The summed E-state index contributed by atoms with van der Waals surface area (Å²) in [7, 11) is 1.63. The van der Waals surface area contributed by atoms with E-state index in [4.69, 9.17) is 15.2 Å².